The normalized spacial score (nSPS) is 21.1. The van der Waals surface area contributed by atoms with Gasteiger partial charge < -0.3 is 10.6 Å². The molecule has 3 rings (SSSR count). The molecule has 2 N–H and O–H groups in total. The van der Waals surface area contributed by atoms with Crippen molar-refractivity contribution in [2.75, 3.05) is 19.6 Å². The van der Waals surface area contributed by atoms with E-state index in [1.165, 1.54) is 55.6 Å². The summed E-state index contributed by atoms with van der Waals surface area (Å²) < 4.78 is 2.03. The van der Waals surface area contributed by atoms with Crippen molar-refractivity contribution in [3.8, 4) is 0 Å². The maximum absolute atomic E-state index is 4.92. The summed E-state index contributed by atoms with van der Waals surface area (Å²) in [5.74, 6) is 0.948. The van der Waals surface area contributed by atoms with Crippen molar-refractivity contribution < 1.29 is 0 Å². The van der Waals surface area contributed by atoms with Crippen molar-refractivity contribution in [1.82, 2.24) is 25.3 Å². The van der Waals surface area contributed by atoms with E-state index in [0.29, 0.717) is 12.6 Å². The van der Waals surface area contributed by atoms with Gasteiger partial charge in [0.2, 0.25) is 0 Å². The van der Waals surface area contributed by atoms with Gasteiger partial charge in [-0.2, -0.15) is 5.10 Å². The maximum atomic E-state index is 4.92. The van der Waals surface area contributed by atoms with E-state index in [9.17, 15) is 0 Å². The number of likely N-dealkylation sites (tertiary alicyclic amines) is 1. The number of aliphatic imine (C=N–C) groups is 1. The van der Waals surface area contributed by atoms with Crippen LogP contribution in [0.4, 0.5) is 0 Å². The molecule has 1 atom stereocenters. The molecular weight excluding hydrogens is 463 g/mol. The Morgan fingerprint density at radius 3 is 2.54 bits per heavy atom. The molecule has 1 aliphatic heterocycles. The van der Waals surface area contributed by atoms with Gasteiger partial charge in [0.25, 0.3) is 0 Å². The summed E-state index contributed by atoms with van der Waals surface area (Å²) in [5, 5.41) is 11.8. The second-order valence-electron chi connectivity index (χ2n) is 7.96. The minimum atomic E-state index is 0. The Bertz CT molecular complexity index is 635. The second-order valence-corrected chi connectivity index (χ2v) is 7.96. The standard InChI is InChI=1S/C21H38N6.HI/c1-5-19-18(20(6-2)26(4)25-19)14-23-21(22-7-3)24-16-12-13-27(15-16)17-10-8-9-11-17;/h16-17H,5-15H2,1-4H3,(H2,22,23,24);1H. The molecule has 2 heterocycles. The number of rotatable bonds is 7. The number of nitrogens with one attached hydrogen (secondary N) is 2. The molecule has 0 spiro atoms. The van der Waals surface area contributed by atoms with Gasteiger partial charge in [0, 0.05) is 50.0 Å². The summed E-state index contributed by atoms with van der Waals surface area (Å²) in [6.07, 6.45) is 8.78. The third-order valence-corrected chi connectivity index (χ3v) is 6.17. The van der Waals surface area contributed by atoms with Gasteiger partial charge >= 0.3 is 0 Å². The number of guanidine groups is 1. The van der Waals surface area contributed by atoms with Crippen molar-refractivity contribution in [3.05, 3.63) is 17.0 Å². The molecule has 2 aliphatic rings. The highest BCUT2D eigenvalue weighted by Crippen LogP contribution is 2.26. The van der Waals surface area contributed by atoms with E-state index >= 15 is 0 Å². The smallest absolute Gasteiger partial charge is 0.191 e. The van der Waals surface area contributed by atoms with Crippen LogP contribution in [0.5, 0.6) is 0 Å². The van der Waals surface area contributed by atoms with Crippen LogP contribution >= 0.6 is 24.0 Å². The quantitative estimate of drug-likeness (QED) is 0.342. The molecule has 0 amide bonds. The Morgan fingerprint density at radius 1 is 1.14 bits per heavy atom. The zero-order valence-electron chi connectivity index (χ0n) is 18.1. The Labute approximate surface area is 187 Å². The first-order valence-electron chi connectivity index (χ1n) is 11.0. The molecule has 1 saturated heterocycles. The lowest BCUT2D eigenvalue weighted by molar-refractivity contribution is 0.242. The van der Waals surface area contributed by atoms with Crippen molar-refractivity contribution in [3.63, 3.8) is 0 Å². The largest absolute Gasteiger partial charge is 0.357 e. The third-order valence-electron chi connectivity index (χ3n) is 6.17. The minimum absolute atomic E-state index is 0. The predicted octanol–water partition coefficient (Wildman–Crippen LogP) is 3.23. The van der Waals surface area contributed by atoms with E-state index in [0.717, 1.165) is 37.9 Å². The summed E-state index contributed by atoms with van der Waals surface area (Å²) in [5.41, 5.74) is 3.79. The highest BCUT2D eigenvalue weighted by Gasteiger charge is 2.30. The first-order chi connectivity index (χ1) is 13.2. The van der Waals surface area contributed by atoms with Crippen molar-refractivity contribution >= 4 is 29.9 Å². The third kappa shape index (κ3) is 5.62. The molecule has 6 nitrogen and oxygen atoms in total. The molecular formula is C21H39IN6. The molecule has 0 radical (unpaired) electrons. The van der Waals surface area contributed by atoms with E-state index in [2.05, 4.69) is 41.4 Å². The number of aromatic nitrogens is 2. The number of halogens is 1. The monoisotopic (exact) mass is 502 g/mol. The number of aryl methyl sites for hydroxylation is 2. The van der Waals surface area contributed by atoms with Crippen LogP contribution in [0, 0.1) is 0 Å². The van der Waals surface area contributed by atoms with Crippen LogP contribution in [-0.2, 0) is 26.4 Å². The van der Waals surface area contributed by atoms with Crippen LogP contribution in [0.2, 0.25) is 0 Å². The molecule has 2 fully saturated rings. The van der Waals surface area contributed by atoms with Crippen molar-refractivity contribution in [1.29, 1.82) is 0 Å². The average molecular weight is 502 g/mol. The molecule has 0 bridgehead atoms. The molecule has 1 aromatic rings. The van der Waals surface area contributed by atoms with Gasteiger partial charge in [-0.3, -0.25) is 9.58 Å². The maximum Gasteiger partial charge on any atom is 0.191 e. The Morgan fingerprint density at radius 2 is 1.89 bits per heavy atom. The summed E-state index contributed by atoms with van der Waals surface area (Å²) in [6.45, 7) is 10.5. The van der Waals surface area contributed by atoms with Crippen LogP contribution in [-0.4, -0.2) is 52.4 Å². The lowest BCUT2D eigenvalue weighted by Crippen LogP contribution is -2.45. The van der Waals surface area contributed by atoms with E-state index < -0.39 is 0 Å². The summed E-state index contributed by atoms with van der Waals surface area (Å²) >= 11 is 0. The zero-order chi connectivity index (χ0) is 19.2. The van der Waals surface area contributed by atoms with E-state index in [4.69, 9.17) is 4.99 Å². The molecule has 1 saturated carbocycles. The van der Waals surface area contributed by atoms with Gasteiger partial charge in [-0.05, 0) is 39.0 Å². The lowest BCUT2D eigenvalue weighted by Gasteiger charge is -2.24. The molecule has 160 valence electrons. The Balaban J connectivity index is 0.00000280. The number of hydrogen-bond acceptors (Lipinski definition) is 3. The van der Waals surface area contributed by atoms with Gasteiger partial charge in [0.1, 0.15) is 0 Å². The SMILES string of the molecule is CCNC(=NCc1c(CC)nn(C)c1CC)NC1CCN(C2CCCC2)C1.I. The fourth-order valence-electron chi connectivity index (χ4n) is 4.75. The summed E-state index contributed by atoms with van der Waals surface area (Å²) in [6, 6.07) is 1.33. The highest BCUT2D eigenvalue weighted by atomic mass is 127. The van der Waals surface area contributed by atoms with Gasteiger partial charge in [-0.15, -0.1) is 24.0 Å². The zero-order valence-corrected chi connectivity index (χ0v) is 20.5. The number of hydrogen-bond donors (Lipinski definition) is 2. The van der Waals surface area contributed by atoms with Crippen LogP contribution in [0.3, 0.4) is 0 Å². The van der Waals surface area contributed by atoms with Crippen LogP contribution in [0.1, 0.15) is 69.8 Å². The Kier molecular flexibility index (Phi) is 9.53. The highest BCUT2D eigenvalue weighted by molar-refractivity contribution is 14.0. The predicted molar refractivity (Wildman–Crippen MR) is 128 cm³/mol. The van der Waals surface area contributed by atoms with Crippen LogP contribution < -0.4 is 10.6 Å². The molecule has 7 heteroatoms. The fourth-order valence-corrected chi connectivity index (χ4v) is 4.75. The summed E-state index contributed by atoms with van der Waals surface area (Å²) in [7, 11) is 2.05. The van der Waals surface area contributed by atoms with Crippen LogP contribution in [0.15, 0.2) is 4.99 Å². The molecule has 28 heavy (non-hydrogen) atoms. The van der Waals surface area contributed by atoms with E-state index in [1.807, 2.05) is 11.7 Å². The van der Waals surface area contributed by atoms with Gasteiger partial charge in [0.05, 0.1) is 12.2 Å². The first kappa shape index (κ1) is 23.4. The first-order valence-corrected chi connectivity index (χ1v) is 11.0. The van der Waals surface area contributed by atoms with Gasteiger partial charge in [-0.25, -0.2) is 4.99 Å². The molecule has 1 unspecified atom stereocenters. The molecule has 1 aliphatic carbocycles. The van der Waals surface area contributed by atoms with Crippen LogP contribution in [0.25, 0.3) is 0 Å². The fraction of sp³-hybridized carbons (Fsp3) is 0.810. The second kappa shape index (κ2) is 11.4. The lowest BCUT2D eigenvalue weighted by atomic mass is 10.1. The molecule has 1 aromatic heterocycles. The van der Waals surface area contributed by atoms with E-state index in [1.54, 1.807) is 0 Å². The number of nitrogens with zero attached hydrogens (tertiary/aromatic N) is 4. The Hall–Kier alpha value is -0.830. The minimum Gasteiger partial charge on any atom is -0.357 e. The topological polar surface area (TPSA) is 57.5 Å². The van der Waals surface area contributed by atoms with Crippen molar-refractivity contribution in [2.24, 2.45) is 12.0 Å². The average Bonchev–Trinajstić information content (AvgIpc) is 3.39. The molecule has 0 aromatic carbocycles. The van der Waals surface area contributed by atoms with Gasteiger partial charge in [0.15, 0.2) is 5.96 Å². The van der Waals surface area contributed by atoms with Crippen molar-refractivity contribution in [2.45, 2.75) is 84.3 Å². The van der Waals surface area contributed by atoms with Gasteiger partial charge in [-0.1, -0.05) is 26.7 Å². The van der Waals surface area contributed by atoms with E-state index in [-0.39, 0.29) is 24.0 Å². The summed E-state index contributed by atoms with van der Waals surface area (Å²) in [4.78, 5) is 7.62.